The Bertz CT molecular complexity index is 921. The largest absolute Gasteiger partial charge is 0.396 e. The zero-order valence-corrected chi connectivity index (χ0v) is 20.6. The molecule has 6 nitrogen and oxygen atoms in total. The van der Waals surface area contributed by atoms with E-state index in [2.05, 4.69) is 33.8 Å². The second kappa shape index (κ2) is 7.07. The molecule has 0 amide bonds. The van der Waals surface area contributed by atoms with E-state index in [4.69, 9.17) is 15.2 Å². The van der Waals surface area contributed by atoms with E-state index in [1.54, 1.807) is 6.08 Å². The first-order valence-corrected chi connectivity index (χ1v) is 13.3. The van der Waals surface area contributed by atoms with Gasteiger partial charge < -0.3 is 15.2 Å². The Kier molecular flexibility index (Phi) is 4.73. The molecule has 11 atom stereocenters. The van der Waals surface area contributed by atoms with Crippen LogP contribution in [0.4, 0.5) is 0 Å². The number of rotatable bonds is 1. The standard InChI is InChI=1S/C27H40N2O4/c1-15-7-12-27(32-14-15)16(2)23-22(33-27)13-20-17-5-6-19-24(28)21(29(30)31)9-11-25(19,3)18(17)8-10-26(20,23)4/h9,11,15-20,22-23H,5-8,10,12-14,28H2,1-4H3/t15-,16+,17-,18+,19?,20+,22+,23+,25-,26+,27-/m1/s1. The molecule has 5 fully saturated rings. The van der Waals surface area contributed by atoms with Crippen molar-refractivity contribution in [3.8, 4) is 0 Å². The predicted molar refractivity (Wildman–Crippen MR) is 125 cm³/mol. The molecule has 0 aromatic rings. The van der Waals surface area contributed by atoms with Crippen molar-refractivity contribution in [2.75, 3.05) is 6.61 Å². The normalized spacial score (nSPS) is 55.2. The lowest BCUT2D eigenvalue weighted by molar-refractivity contribution is -0.421. The van der Waals surface area contributed by atoms with Crippen LogP contribution in [0.25, 0.3) is 0 Å². The maximum atomic E-state index is 11.5. The number of fused-ring (bicyclic) bond motifs is 7. The summed E-state index contributed by atoms with van der Waals surface area (Å²) in [5.74, 6) is 3.19. The van der Waals surface area contributed by atoms with Crippen molar-refractivity contribution in [1.82, 2.24) is 0 Å². The third kappa shape index (κ3) is 2.80. The first-order valence-electron chi connectivity index (χ1n) is 13.3. The van der Waals surface area contributed by atoms with Gasteiger partial charge in [0.15, 0.2) is 5.79 Å². The Hall–Kier alpha value is -1.40. The molecule has 2 heterocycles. The van der Waals surface area contributed by atoms with E-state index in [1.807, 2.05) is 0 Å². The zero-order valence-electron chi connectivity index (χ0n) is 20.6. The fraction of sp³-hybridized carbons (Fsp3) is 0.852. The van der Waals surface area contributed by atoms with Crippen LogP contribution in [-0.2, 0) is 9.47 Å². The van der Waals surface area contributed by atoms with Crippen LogP contribution in [0, 0.1) is 62.4 Å². The first kappa shape index (κ1) is 22.1. The quantitative estimate of drug-likeness (QED) is 0.429. The lowest BCUT2D eigenvalue weighted by Crippen LogP contribution is -2.54. The van der Waals surface area contributed by atoms with Gasteiger partial charge in [0.25, 0.3) is 5.70 Å². The Balaban J connectivity index is 1.27. The van der Waals surface area contributed by atoms with E-state index in [0.717, 1.165) is 32.3 Å². The number of hydrogen-bond donors (Lipinski definition) is 1. The summed E-state index contributed by atoms with van der Waals surface area (Å²) in [5.41, 5.74) is 7.23. The van der Waals surface area contributed by atoms with E-state index in [0.29, 0.717) is 47.3 Å². The summed E-state index contributed by atoms with van der Waals surface area (Å²) in [6.45, 7) is 10.4. The van der Waals surface area contributed by atoms with Crippen molar-refractivity contribution >= 4 is 0 Å². The molecule has 6 rings (SSSR count). The molecular weight excluding hydrogens is 416 g/mol. The highest BCUT2D eigenvalue weighted by molar-refractivity contribution is 5.32. The maximum absolute atomic E-state index is 11.5. The fourth-order valence-corrected chi connectivity index (χ4v) is 9.84. The number of nitrogens with zero attached hydrogens (tertiary/aromatic N) is 1. The van der Waals surface area contributed by atoms with Crippen LogP contribution >= 0.6 is 0 Å². The summed E-state index contributed by atoms with van der Waals surface area (Å²) in [4.78, 5) is 11.2. The molecule has 6 heteroatoms. The number of hydrogen-bond acceptors (Lipinski definition) is 5. The Morgan fingerprint density at radius 3 is 2.61 bits per heavy atom. The minimum atomic E-state index is -0.361. The third-order valence-electron chi connectivity index (χ3n) is 11.5. The van der Waals surface area contributed by atoms with Crippen LogP contribution in [0.1, 0.15) is 72.6 Å². The Morgan fingerprint density at radius 1 is 1.12 bits per heavy atom. The summed E-state index contributed by atoms with van der Waals surface area (Å²) in [7, 11) is 0. The van der Waals surface area contributed by atoms with Crippen LogP contribution in [0.5, 0.6) is 0 Å². The molecule has 1 unspecified atom stereocenters. The molecule has 2 saturated heterocycles. The van der Waals surface area contributed by atoms with Crippen LogP contribution < -0.4 is 5.73 Å². The molecule has 0 radical (unpaired) electrons. The summed E-state index contributed by atoms with van der Waals surface area (Å²) < 4.78 is 13.3. The number of nitro groups is 1. The van der Waals surface area contributed by atoms with Gasteiger partial charge in [0.05, 0.1) is 23.3 Å². The van der Waals surface area contributed by atoms with Crippen LogP contribution in [-0.4, -0.2) is 23.4 Å². The van der Waals surface area contributed by atoms with Gasteiger partial charge in [-0.1, -0.05) is 33.8 Å². The summed E-state index contributed by atoms with van der Waals surface area (Å²) in [6.07, 6.45) is 12.0. The summed E-state index contributed by atoms with van der Waals surface area (Å²) in [5, 5.41) is 11.5. The van der Waals surface area contributed by atoms with E-state index in [9.17, 15) is 10.1 Å². The van der Waals surface area contributed by atoms with E-state index >= 15 is 0 Å². The minimum absolute atomic E-state index is 0.0815. The van der Waals surface area contributed by atoms with Crippen molar-refractivity contribution in [2.24, 2.45) is 58.0 Å². The monoisotopic (exact) mass is 456 g/mol. The highest BCUT2D eigenvalue weighted by Gasteiger charge is 2.69. The molecule has 3 saturated carbocycles. The second-order valence-electron chi connectivity index (χ2n) is 12.8. The highest BCUT2D eigenvalue weighted by atomic mass is 16.7. The molecule has 2 aliphatic heterocycles. The topological polar surface area (TPSA) is 87.6 Å². The van der Waals surface area contributed by atoms with Crippen LogP contribution in [0.3, 0.4) is 0 Å². The van der Waals surface area contributed by atoms with Crippen molar-refractivity contribution in [3.63, 3.8) is 0 Å². The lowest BCUT2D eigenvalue weighted by Gasteiger charge is -2.59. The van der Waals surface area contributed by atoms with E-state index < -0.39 is 0 Å². The third-order valence-corrected chi connectivity index (χ3v) is 11.5. The van der Waals surface area contributed by atoms with Crippen molar-refractivity contribution in [1.29, 1.82) is 0 Å². The fourth-order valence-electron chi connectivity index (χ4n) is 9.84. The van der Waals surface area contributed by atoms with Crippen molar-refractivity contribution < 1.29 is 14.4 Å². The molecule has 1 spiro atoms. The van der Waals surface area contributed by atoms with Crippen molar-refractivity contribution in [3.05, 3.63) is 33.7 Å². The summed E-state index contributed by atoms with van der Waals surface area (Å²) >= 11 is 0. The van der Waals surface area contributed by atoms with Gasteiger partial charge in [-0.25, -0.2) is 0 Å². The molecule has 6 aliphatic rings. The predicted octanol–water partition coefficient (Wildman–Crippen LogP) is 5.27. The van der Waals surface area contributed by atoms with Gasteiger partial charge in [0.2, 0.25) is 0 Å². The van der Waals surface area contributed by atoms with Gasteiger partial charge >= 0.3 is 0 Å². The Labute approximate surface area is 197 Å². The average Bonchev–Trinajstić information content (AvgIpc) is 3.21. The van der Waals surface area contributed by atoms with Gasteiger partial charge in [-0.05, 0) is 78.9 Å². The molecule has 0 aromatic heterocycles. The molecule has 0 bridgehead atoms. The van der Waals surface area contributed by atoms with Crippen LogP contribution in [0.15, 0.2) is 23.5 Å². The first-order chi connectivity index (χ1) is 15.6. The van der Waals surface area contributed by atoms with Gasteiger partial charge in [-0.15, -0.1) is 0 Å². The second-order valence-corrected chi connectivity index (χ2v) is 12.8. The zero-order chi connectivity index (χ0) is 23.3. The van der Waals surface area contributed by atoms with Crippen LogP contribution in [0.2, 0.25) is 0 Å². The van der Waals surface area contributed by atoms with E-state index in [-0.39, 0.29) is 33.2 Å². The molecule has 2 N–H and O–H groups in total. The molecule has 0 aromatic carbocycles. The number of nitrogens with two attached hydrogens (primary N) is 1. The van der Waals surface area contributed by atoms with Gasteiger partial charge in [-0.3, -0.25) is 10.1 Å². The highest BCUT2D eigenvalue weighted by Crippen LogP contribution is 2.71. The van der Waals surface area contributed by atoms with E-state index in [1.165, 1.54) is 19.3 Å². The smallest absolute Gasteiger partial charge is 0.287 e. The number of allylic oxidation sites excluding steroid dienone is 3. The number of ether oxygens (including phenoxy) is 2. The SMILES string of the molecule is C[C@@H]1CC[C@@]2(OC1)O[C@H]1C[C@H]3[C@@H]4CCC5C(N)=C([N+](=O)[O-])C=C[C@]5(C)[C@H]4CC[C@]3(C)[C@H]1[C@@H]2C. The lowest BCUT2D eigenvalue weighted by atomic mass is 9.45. The molecular formula is C27H40N2O4. The van der Waals surface area contributed by atoms with Gasteiger partial charge in [0, 0.05) is 24.3 Å². The molecule has 182 valence electrons. The molecule has 33 heavy (non-hydrogen) atoms. The Morgan fingerprint density at radius 2 is 1.91 bits per heavy atom. The molecule has 4 aliphatic carbocycles. The summed E-state index contributed by atoms with van der Waals surface area (Å²) in [6, 6.07) is 0. The maximum Gasteiger partial charge on any atom is 0.287 e. The van der Waals surface area contributed by atoms with Gasteiger partial charge in [0.1, 0.15) is 0 Å². The van der Waals surface area contributed by atoms with Crippen molar-refractivity contribution in [2.45, 2.75) is 84.5 Å². The minimum Gasteiger partial charge on any atom is -0.396 e. The van der Waals surface area contributed by atoms with Gasteiger partial charge in [-0.2, -0.15) is 0 Å². The average molecular weight is 457 g/mol.